The van der Waals surface area contributed by atoms with E-state index in [2.05, 4.69) is 9.97 Å². The predicted octanol–water partition coefficient (Wildman–Crippen LogP) is 0.116. The van der Waals surface area contributed by atoms with Crippen LogP contribution in [0.4, 0.5) is 5.95 Å². The summed E-state index contributed by atoms with van der Waals surface area (Å²) < 4.78 is 37.6. The van der Waals surface area contributed by atoms with Crippen molar-refractivity contribution < 1.29 is 17.9 Å². The second-order valence-corrected chi connectivity index (χ2v) is 7.88. The molecule has 0 radical (unpaired) electrons. The zero-order valence-corrected chi connectivity index (χ0v) is 14.0. The van der Waals surface area contributed by atoms with Crippen LogP contribution in [0.3, 0.4) is 0 Å². The highest BCUT2D eigenvalue weighted by atomic mass is 32.2. The van der Waals surface area contributed by atoms with Gasteiger partial charge in [-0.05, 0) is 12.8 Å². The van der Waals surface area contributed by atoms with Gasteiger partial charge in [0.15, 0.2) is 0 Å². The third-order valence-electron chi connectivity index (χ3n) is 4.24. The summed E-state index contributed by atoms with van der Waals surface area (Å²) in [5.74, 6) is 0.999. The minimum absolute atomic E-state index is 0.410. The highest BCUT2D eigenvalue weighted by molar-refractivity contribution is 7.89. The van der Waals surface area contributed by atoms with E-state index in [1.54, 1.807) is 23.7 Å². The summed E-state index contributed by atoms with van der Waals surface area (Å²) in [5, 5.41) is -0.427. The van der Waals surface area contributed by atoms with Gasteiger partial charge in [-0.3, -0.25) is 0 Å². The molecule has 0 amide bonds. The molecule has 3 heterocycles. The monoisotopic (exact) mass is 342 g/mol. The Labute approximate surface area is 136 Å². The maximum Gasteiger partial charge on any atom is 0.228 e. The number of sulfonamides is 1. The van der Waals surface area contributed by atoms with Gasteiger partial charge in [-0.1, -0.05) is 0 Å². The molecule has 0 N–H and O–H groups in total. The molecule has 9 heteroatoms. The van der Waals surface area contributed by atoms with E-state index in [9.17, 15) is 8.42 Å². The first kappa shape index (κ1) is 16.4. The molecule has 3 rings (SSSR count). The molecule has 1 aromatic rings. The van der Waals surface area contributed by atoms with Crippen LogP contribution in [-0.4, -0.2) is 74.4 Å². The number of rotatable bonds is 4. The molecule has 0 saturated carbocycles. The van der Waals surface area contributed by atoms with Crippen LogP contribution < -0.4 is 9.64 Å². The Morgan fingerprint density at radius 2 is 2.09 bits per heavy atom. The van der Waals surface area contributed by atoms with Crippen LogP contribution in [0.15, 0.2) is 12.3 Å². The third-order valence-corrected chi connectivity index (χ3v) is 6.55. The summed E-state index contributed by atoms with van der Waals surface area (Å²) in [5.41, 5.74) is 0. The summed E-state index contributed by atoms with van der Waals surface area (Å²) in [6.45, 7) is 2.97. The Kier molecular flexibility index (Phi) is 4.98. The lowest BCUT2D eigenvalue weighted by molar-refractivity contribution is 0.0725. The van der Waals surface area contributed by atoms with E-state index in [1.165, 1.54) is 0 Å². The van der Waals surface area contributed by atoms with Gasteiger partial charge in [-0.2, -0.15) is 9.29 Å². The summed E-state index contributed by atoms with van der Waals surface area (Å²) >= 11 is 0. The minimum Gasteiger partial charge on any atom is -0.481 e. The Morgan fingerprint density at radius 3 is 2.83 bits per heavy atom. The van der Waals surface area contributed by atoms with Gasteiger partial charge in [-0.15, -0.1) is 0 Å². The minimum atomic E-state index is -3.32. The first-order valence-electron chi connectivity index (χ1n) is 7.80. The normalized spacial score (nSPS) is 23.7. The fourth-order valence-corrected chi connectivity index (χ4v) is 4.89. The van der Waals surface area contributed by atoms with Crippen molar-refractivity contribution in [3.63, 3.8) is 0 Å². The fourth-order valence-electron chi connectivity index (χ4n) is 2.97. The van der Waals surface area contributed by atoms with Gasteiger partial charge in [0.1, 0.15) is 0 Å². The van der Waals surface area contributed by atoms with Crippen molar-refractivity contribution in [1.29, 1.82) is 0 Å². The van der Waals surface area contributed by atoms with E-state index < -0.39 is 15.3 Å². The molecule has 0 aromatic carbocycles. The predicted molar refractivity (Wildman–Crippen MR) is 85.1 cm³/mol. The Hall–Kier alpha value is -1.45. The summed E-state index contributed by atoms with van der Waals surface area (Å²) in [7, 11) is -1.77. The van der Waals surface area contributed by atoms with Crippen LogP contribution in [0.1, 0.15) is 12.8 Å². The van der Waals surface area contributed by atoms with E-state index >= 15 is 0 Å². The second-order valence-electron chi connectivity index (χ2n) is 5.67. The van der Waals surface area contributed by atoms with Crippen molar-refractivity contribution >= 4 is 16.0 Å². The SMILES string of the molecule is COc1ccnc(N2CCCC(S(=O)(=O)N3CCOCC3)C2)n1. The van der Waals surface area contributed by atoms with Gasteiger partial charge in [0.05, 0.1) is 25.6 Å². The lowest BCUT2D eigenvalue weighted by Crippen LogP contribution is -2.51. The van der Waals surface area contributed by atoms with Crippen molar-refractivity contribution in [2.24, 2.45) is 0 Å². The van der Waals surface area contributed by atoms with Gasteiger partial charge >= 0.3 is 0 Å². The molecule has 1 atom stereocenters. The molecule has 0 spiro atoms. The Balaban J connectivity index is 1.74. The van der Waals surface area contributed by atoms with Gasteiger partial charge < -0.3 is 14.4 Å². The topological polar surface area (TPSA) is 84.9 Å². The number of nitrogens with zero attached hydrogens (tertiary/aromatic N) is 4. The molecule has 2 saturated heterocycles. The zero-order valence-electron chi connectivity index (χ0n) is 13.2. The number of morpholine rings is 1. The zero-order chi connectivity index (χ0) is 16.3. The number of ether oxygens (including phenoxy) is 2. The lowest BCUT2D eigenvalue weighted by atomic mass is 10.1. The molecule has 1 unspecified atom stereocenters. The maximum atomic E-state index is 12.8. The Bertz CT molecular complexity index is 633. The molecular formula is C14H22N4O4S. The molecule has 2 aliphatic rings. The van der Waals surface area contributed by atoms with Crippen molar-refractivity contribution in [1.82, 2.24) is 14.3 Å². The standard InChI is InChI=1S/C14H22N4O4S/c1-21-13-4-5-15-14(16-13)17-6-2-3-12(11-17)23(19,20)18-7-9-22-10-8-18/h4-5,12H,2-3,6-11H2,1H3. The average Bonchev–Trinajstić information content (AvgIpc) is 2.62. The smallest absolute Gasteiger partial charge is 0.228 e. The molecule has 23 heavy (non-hydrogen) atoms. The van der Waals surface area contributed by atoms with Crippen molar-refractivity contribution in [2.75, 3.05) is 51.4 Å². The second kappa shape index (κ2) is 6.98. The molecular weight excluding hydrogens is 320 g/mol. The van der Waals surface area contributed by atoms with Crippen LogP contribution in [0.2, 0.25) is 0 Å². The molecule has 1 aromatic heterocycles. The number of hydrogen-bond donors (Lipinski definition) is 0. The number of hydrogen-bond acceptors (Lipinski definition) is 7. The lowest BCUT2D eigenvalue weighted by Gasteiger charge is -2.36. The van der Waals surface area contributed by atoms with Crippen LogP contribution in [0.25, 0.3) is 0 Å². The third kappa shape index (κ3) is 3.56. The molecule has 128 valence electrons. The highest BCUT2D eigenvalue weighted by Gasteiger charge is 2.36. The number of methoxy groups -OCH3 is 1. The Morgan fingerprint density at radius 1 is 1.30 bits per heavy atom. The van der Waals surface area contributed by atoms with Gasteiger partial charge in [0, 0.05) is 38.4 Å². The van der Waals surface area contributed by atoms with E-state index in [-0.39, 0.29) is 0 Å². The highest BCUT2D eigenvalue weighted by Crippen LogP contribution is 2.24. The van der Waals surface area contributed by atoms with E-state index in [1.807, 2.05) is 4.90 Å². The maximum absolute atomic E-state index is 12.8. The van der Waals surface area contributed by atoms with E-state index in [4.69, 9.17) is 9.47 Å². The van der Waals surface area contributed by atoms with Crippen LogP contribution in [0, 0.1) is 0 Å². The van der Waals surface area contributed by atoms with Gasteiger partial charge in [-0.25, -0.2) is 13.4 Å². The summed E-state index contributed by atoms with van der Waals surface area (Å²) in [6.07, 6.45) is 3.09. The van der Waals surface area contributed by atoms with Gasteiger partial charge in [0.25, 0.3) is 0 Å². The van der Waals surface area contributed by atoms with Crippen molar-refractivity contribution in [2.45, 2.75) is 18.1 Å². The molecule has 2 fully saturated rings. The first-order valence-corrected chi connectivity index (χ1v) is 9.30. The summed E-state index contributed by atoms with van der Waals surface area (Å²) in [6, 6.07) is 1.68. The number of aromatic nitrogens is 2. The van der Waals surface area contributed by atoms with Crippen molar-refractivity contribution in [3.05, 3.63) is 12.3 Å². The van der Waals surface area contributed by atoms with Crippen LogP contribution >= 0.6 is 0 Å². The number of piperidine rings is 1. The summed E-state index contributed by atoms with van der Waals surface area (Å²) in [4.78, 5) is 10.5. The van der Waals surface area contributed by atoms with Crippen LogP contribution in [-0.2, 0) is 14.8 Å². The average molecular weight is 342 g/mol. The van der Waals surface area contributed by atoms with E-state index in [0.29, 0.717) is 51.1 Å². The van der Waals surface area contributed by atoms with E-state index in [0.717, 1.165) is 13.0 Å². The van der Waals surface area contributed by atoms with Crippen molar-refractivity contribution in [3.8, 4) is 5.88 Å². The molecule has 0 aliphatic carbocycles. The quantitative estimate of drug-likeness (QED) is 0.768. The largest absolute Gasteiger partial charge is 0.481 e. The fraction of sp³-hybridized carbons (Fsp3) is 0.714. The van der Waals surface area contributed by atoms with Gasteiger partial charge in [0.2, 0.25) is 21.9 Å². The molecule has 0 bridgehead atoms. The first-order chi connectivity index (χ1) is 11.1. The number of anilines is 1. The molecule has 2 aliphatic heterocycles. The molecule has 8 nitrogen and oxygen atoms in total. The van der Waals surface area contributed by atoms with Crippen LogP contribution in [0.5, 0.6) is 5.88 Å².